The molecule has 1 N–H and O–H groups in total. The molecule has 0 heterocycles. The van der Waals surface area contributed by atoms with Crippen LogP contribution in [-0.4, -0.2) is 13.7 Å². The third-order valence-corrected chi connectivity index (χ3v) is 5.14. The summed E-state index contributed by atoms with van der Waals surface area (Å²) in [6.45, 7) is 10.2. The zero-order chi connectivity index (χ0) is 15.5. The number of benzene rings is 1. The van der Waals surface area contributed by atoms with Crippen LogP contribution in [-0.2, 0) is 0 Å². The van der Waals surface area contributed by atoms with Gasteiger partial charge in [0, 0.05) is 6.04 Å². The summed E-state index contributed by atoms with van der Waals surface area (Å²) in [5.41, 5.74) is 4.44. The maximum atomic E-state index is 5.47. The van der Waals surface area contributed by atoms with Crippen molar-refractivity contribution in [3.63, 3.8) is 0 Å². The van der Waals surface area contributed by atoms with E-state index in [1.807, 2.05) is 0 Å². The zero-order valence-electron chi connectivity index (χ0n) is 14.4. The third-order valence-electron chi connectivity index (χ3n) is 5.14. The van der Waals surface area contributed by atoms with E-state index in [0.717, 1.165) is 12.3 Å². The zero-order valence-corrected chi connectivity index (χ0v) is 14.4. The van der Waals surface area contributed by atoms with Crippen LogP contribution in [0.1, 0.15) is 68.7 Å². The molecule has 0 aromatic heterocycles. The van der Waals surface area contributed by atoms with Crippen molar-refractivity contribution < 1.29 is 4.74 Å². The molecule has 2 rings (SSSR count). The van der Waals surface area contributed by atoms with Crippen molar-refractivity contribution in [1.29, 1.82) is 0 Å². The molecule has 0 spiro atoms. The Morgan fingerprint density at radius 2 is 1.86 bits per heavy atom. The lowest BCUT2D eigenvalue weighted by molar-refractivity contribution is 0.223. The summed E-state index contributed by atoms with van der Waals surface area (Å²) in [6, 6.07) is 5.00. The van der Waals surface area contributed by atoms with Crippen LogP contribution < -0.4 is 10.1 Å². The van der Waals surface area contributed by atoms with Gasteiger partial charge < -0.3 is 10.1 Å². The second-order valence-corrected chi connectivity index (χ2v) is 6.93. The lowest BCUT2D eigenvalue weighted by atomic mass is 9.75. The van der Waals surface area contributed by atoms with Crippen LogP contribution in [0.2, 0.25) is 0 Å². The number of methoxy groups -OCH3 is 1. The Labute approximate surface area is 130 Å². The molecule has 118 valence electrons. The van der Waals surface area contributed by atoms with Gasteiger partial charge in [0.15, 0.2) is 0 Å². The molecule has 0 amide bonds. The second-order valence-electron chi connectivity index (χ2n) is 6.93. The predicted molar refractivity (Wildman–Crippen MR) is 90.1 cm³/mol. The van der Waals surface area contributed by atoms with E-state index in [-0.39, 0.29) is 0 Å². The van der Waals surface area contributed by atoms with Gasteiger partial charge in [-0.25, -0.2) is 0 Å². The molecule has 1 atom stereocenters. The van der Waals surface area contributed by atoms with Crippen molar-refractivity contribution in [3.8, 4) is 5.75 Å². The number of rotatable bonds is 6. The van der Waals surface area contributed by atoms with Gasteiger partial charge in [0.05, 0.1) is 7.11 Å². The van der Waals surface area contributed by atoms with E-state index in [1.54, 1.807) is 7.11 Å². The van der Waals surface area contributed by atoms with Crippen LogP contribution >= 0.6 is 0 Å². The molecule has 1 fully saturated rings. The van der Waals surface area contributed by atoms with E-state index in [9.17, 15) is 0 Å². The van der Waals surface area contributed by atoms with E-state index in [2.05, 4.69) is 45.1 Å². The first-order chi connectivity index (χ1) is 10.0. The van der Waals surface area contributed by atoms with E-state index >= 15 is 0 Å². The van der Waals surface area contributed by atoms with Gasteiger partial charge in [0.1, 0.15) is 5.75 Å². The Hall–Kier alpha value is -1.02. The van der Waals surface area contributed by atoms with Gasteiger partial charge >= 0.3 is 0 Å². The summed E-state index contributed by atoms with van der Waals surface area (Å²) < 4.78 is 5.47. The Bertz CT molecular complexity index is 475. The first-order valence-corrected chi connectivity index (χ1v) is 8.40. The van der Waals surface area contributed by atoms with Crippen LogP contribution in [0.15, 0.2) is 12.1 Å². The lowest BCUT2D eigenvalue weighted by Gasteiger charge is -2.36. The number of hydrogen-bond acceptors (Lipinski definition) is 2. The molecule has 1 aliphatic carbocycles. The summed E-state index contributed by atoms with van der Waals surface area (Å²) in [5, 5.41) is 3.83. The van der Waals surface area contributed by atoms with Crippen LogP contribution in [0.5, 0.6) is 5.75 Å². The minimum Gasteiger partial charge on any atom is -0.496 e. The first-order valence-electron chi connectivity index (χ1n) is 8.40. The summed E-state index contributed by atoms with van der Waals surface area (Å²) in [6.07, 6.45) is 6.59. The quantitative estimate of drug-likeness (QED) is 0.801. The molecule has 0 bridgehead atoms. The predicted octanol–water partition coefficient (Wildman–Crippen LogP) is 4.93. The van der Waals surface area contributed by atoms with Crippen LogP contribution in [0.25, 0.3) is 0 Å². The van der Waals surface area contributed by atoms with Crippen molar-refractivity contribution in [3.05, 3.63) is 28.8 Å². The highest BCUT2D eigenvalue weighted by atomic mass is 16.5. The third kappa shape index (κ3) is 3.42. The van der Waals surface area contributed by atoms with Crippen LogP contribution in [0.3, 0.4) is 0 Å². The topological polar surface area (TPSA) is 21.3 Å². The number of nitrogens with one attached hydrogen (secondary N) is 1. The van der Waals surface area contributed by atoms with E-state index in [4.69, 9.17) is 4.74 Å². The molecule has 2 heteroatoms. The van der Waals surface area contributed by atoms with Gasteiger partial charge in [-0.2, -0.15) is 0 Å². The van der Waals surface area contributed by atoms with Gasteiger partial charge in [-0.15, -0.1) is 0 Å². The Morgan fingerprint density at radius 3 is 2.43 bits per heavy atom. The molecule has 0 aliphatic heterocycles. The number of hydrogen-bond donors (Lipinski definition) is 1. The van der Waals surface area contributed by atoms with Gasteiger partial charge in [-0.3, -0.25) is 0 Å². The Morgan fingerprint density at radius 1 is 1.19 bits per heavy atom. The molecule has 1 aromatic carbocycles. The van der Waals surface area contributed by atoms with Crippen molar-refractivity contribution in [2.45, 2.75) is 65.8 Å². The molecule has 1 saturated carbocycles. The molecule has 1 aliphatic rings. The summed E-state index contributed by atoms with van der Waals surface area (Å²) in [5.74, 6) is 1.00. The maximum absolute atomic E-state index is 5.47. The number of aryl methyl sites for hydroxylation is 2. The molecule has 21 heavy (non-hydrogen) atoms. The molecule has 1 aromatic rings. The average molecular weight is 289 g/mol. The van der Waals surface area contributed by atoms with Crippen LogP contribution in [0.4, 0.5) is 0 Å². The van der Waals surface area contributed by atoms with Gasteiger partial charge in [0.25, 0.3) is 0 Å². The molecule has 0 radical (unpaired) electrons. The summed E-state index contributed by atoms with van der Waals surface area (Å²) in [4.78, 5) is 0. The van der Waals surface area contributed by atoms with E-state index in [1.165, 1.54) is 48.8 Å². The van der Waals surface area contributed by atoms with Crippen LogP contribution in [0, 0.1) is 19.3 Å². The Kier molecular flexibility index (Phi) is 5.32. The fraction of sp³-hybridized carbons (Fsp3) is 0.684. The van der Waals surface area contributed by atoms with Crippen molar-refractivity contribution in [2.75, 3.05) is 13.7 Å². The normalized spacial score (nSPS) is 18.7. The molecule has 0 saturated heterocycles. The molecule has 1 unspecified atom stereocenters. The molecule has 2 nitrogen and oxygen atoms in total. The highest BCUT2D eigenvalue weighted by Crippen LogP contribution is 2.48. The van der Waals surface area contributed by atoms with Crippen molar-refractivity contribution >= 4 is 0 Å². The van der Waals surface area contributed by atoms with Gasteiger partial charge in [-0.05, 0) is 67.8 Å². The van der Waals surface area contributed by atoms with E-state index < -0.39 is 0 Å². The lowest BCUT2D eigenvalue weighted by Crippen LogP contribution is -2.35. The highest BCUT2D eigenvalue weighted by molar-refractivity contribution is 5.43. The fourth-order valence-corrected chi connectivity index (χ4v) is 3.83. The fourth-order valence-electron chi connectivity index (χ4n) is 3.83. The monoisotopic (exact) mass is 289 g/mol. The highest BCUT2D eigenvalue weighted by Gasteiger charge is 2.38. The first kappa shape index (κ1) is 16.4. The second kappa shape index (κ2) is 6.83. The minimum atomic E-state index is 0.390. The maximum Gasteiger partial charge on any atom is 0.122 e. The smallest absolute Gasteiger partial charge is 0.122 e. The largest absolute Gasteiger partial charge is 0.496 e. The van der Waals surface area contributed by atoms with Gasteiger partial charge in [0.2, 0.25) is 0 Å². The minimum absolute atomic E-state index is 0.390. The average Bonchev–Trinajstić information content (AvgIpc) is 2.90. The van der Waals surface area contributed by atoms with Crippen molar-refractivity contribution in [1.82, 2.24) is 5.32 Å². The number of ether oxygens (including phenoxy) is 1. The SMILES string of the molecule is CCCNC(c1cc(C)c(OC)cc1C)C1(C)CCCC1. The summed E-state index contributed by atoms with van der Waals surface area (Å²) in [7, 11) is 1.76. The Balaban J connectivity index is 2.38. The standard InChI is InChI=1S/C19H31NO/c1-6-11-20-18(19(4)9-7-8-10-19)16-12-15(3)17(21-5)13-14(16)2/h12-13,18,20H,6-11H2,1-5H3. The van der Waals surface area contributed by atoms with E-state index in [0.29, 0.717) is 11.5 Å². The van der Waals surface area contributed by atoms with Gasteiger partial charge in [-0.1, -0.05) is 32.8 Å². The molecular formula is C19H31NO. The van der Waals surface area contributed by atoms with Crippen molar-refractivity contribution in [2.24, 2.45) is 5.41 Å². The summed E-state index contributed by atoms with van der Waals surface area (Å²) >= 11 is 0. The molecular weight excluding hydrogens is 258 g/mol.